The van der Waals surface area contributed by atoms with Gasteiger partial charge in [0.25, 0.3) is 0 Å². The third kappa shape index (κ3) is 6.14. The first kappa shape index (κ1) is 20.5. The quantitative estimate of drug-likeness (QED) is 0.584. The summed E-state index contributed by atoms with van der Waals surface area (Å²) in [6, 6.07) is 10.1. The van der Waals surface area contributed by atoms with E-state index in [4.69, 9.17) is 30.9 Å². The highest BCUT2D eigenvalue weighted by molar-refractivity contribution is 6.31. The fourth-order valence-corrected chi connectivity index (χ4v) is 2.52. The standard InChI is InChI=1S/C19H23ClFNO4/c1-24-19-11-14(12-22-7-9-25-10-8-23)5-6-18(19)26-13-15-16(20)3-2-4-17(15)21/h2-6,11,22-23H,7-10,12-13H2,1H3. The monoisotopic (exact) mass is 383 g/mol. The van der Waals surface area contributed by atoms with Crippen molar-refractivity contribution in [1.29, 1.82) is 0 Å². The van der Waals surface area contributed by atoms with Crippen LogP contribution in [0.25, 0.3) is 0 Å². The summed E-state index contributed by atoms with van der Waals surface area (Å²) >= 11 is 6.01. The maximum absolute atomic E-state index is 13.8. The fourth-order valence-electron chi connectivity index (χ4n) is 2.31. The summed E-state index contributed by atoms with van der Waals surface area (Å²) in [6.45, 7) is 2.22. The highest BCUT2D eigenvalue weighted by Crippen LogP contribution is 2.30. The van der Waals surface area contributed by atoms with Crippen molar-refractivity contribution in [2.75, 3.05) is 33.5 Å². The van der Waals surface area contributed by atoms with Crippen molar-refractivity contribution in [2.24, 2.45) is 0 Å². The number of halogens is 2. The number of rotatable bonds is 11. The first-order valence-corrected chi connectivity index (χ1v) is 8.65. The smallest absolute Gasteiger partial charge is 0.161 e. The molecular weight excluding hydrogens is 361 g/mol. The molecule has 0 spiro atoms. The van der Waals surface area contributed by atoms with Crippen LogP contribution in [-0.2, 0) is 17.9 Å². The summed E-state index contributed by atoms with van der Waals surface area (Å²) in [4.78, 5) is 0. The number of nitrogens with one attached hydrogen (secondary N) is 1. The molecule has 0 saturated heterocycles. The van der Waals surface area contributed by atoms with E-state index >= 15 is 0 Å². The van der Waals surface area contributed by atoms with Crippen LogP contribution < -0.4 is 14.8 Å². The van der Waals surface area contributed by atoms with Crippen LogP contribution in [0.5, 0.6) is 11.5 Å². The van der Waals surface area contributed by atoms with Crippen LogP contribution in [0.15, 0.2) is 36.4 Å². The van der Waals surface area contributed by atoms with Gasteiger partial charge < -0.3 is 24.6 Å². The first-order chi connectivity index (χ1) is 12.7. The van der Waals surface area contributed by atoms with E-state index in [1.54, 1.807) is 25.3 Å². The lowest BCUT2D eigenvalue weighted by Crippen LogP contribution is -2.20. The predicted octanol–water partition coefficient (Wildman–Crippen LogP) is 3.17. The zero-order valence-electron chi connectivity index (χ0n) is 14.6. The van der Waals surface area contributed by atoms with Crippen LogP contribution >= 0.6 is 11.6 Å². The van der Waals surface area contributed by atoms with Gasteiger partial charge in [0, 0.05) is 18.7 Å². The lowest BCUT2D eigenvalue weighted by Gasteiger charge is -2.13. The maximum Gasteiger partial charge on any atom is 0.161 e. The lowest BCUT2D eigenvalue weighted by atomic mass is 10.2. The Bertz CT molecular complexity index is 679. The minimum Gasteiger partial charge on any atom is -0.493 e. The highest BCUT2D eigenvalue weighted by atomic mass is 35.5. The average Bonchev–Trinajstić information content (AvgIpc) is 2.64. The van der Waals surface area contributed by atoms with E-state index in [9.17, 15) is 4.39 Å². The van der Waals surface area contributed by atoms with E-state index < -0.39 is 5.82 Å². The van der Waals surface area contributed by atoms with Gasteiger partial charge in [0.15, 0.2) is 11.5 Å². The average molecular weight is 384 g/mol. The van der Waals surface area contributed by atoms with Crippen molar-refractivity contribution in [3.05, 3.63) is 58.4 Å². The molecule has 0 heterocycles. The summed E-state index contributed by atoms with van der Waals surface area (Å²) in [5, 5.41) is 12.2. The Morgan fingerprint density at radius 2 is 2.00 bits per heavy atom. The van der Waals surface area contributed by atoms with E-state index in [0.29, 0.717) is 48.4 Å². The second kappa shape index (κ2) is 11.0. The number of aliphatic hydroxyl groups excluding tert-OH is 1. The van der Waals surface area contributed by atoms with Crippen molar-refractivity contribution in [1.82, 2.24) is 5.32 Å². The largest absolute Gasteiger partial charge is 0.493 e. The van der Waals surface area contributed by atoms with Crippen LogP contribution in [0, 0.1) is 5.82 Å². The fraction of sp³-hybridized carbons (Fsp3) is 0.368. The molecule has 2 aromatic rings. The van der Waals surface area contributed by atoms with Crippen molar-refractivity contribution < 1.29 is 23.7 Å². The summed E-state index contributed by atoms with van der Waals surface area (Å²) in [7, 11) is 1.55. The SMILES string of the molecule is COc1cc(CNCCOCCO)ccc1OCc1c(F)cccc1Cl. The molecule has 0 aliphatic heterocycles. The highest BCUT2D eigenvalue weighted by Gasteiger charge is 2.11. The number of hydrogen-bond acceptors (Lipinski definition) is 5. The Morgan fingerprint density at radius 1 is 1.15 bits per heavy atom. The molecule has 0 aliphatic carbocycles. The number of aliphatic hydroxyl groups is 1. The Morgan fingerprint density at radius 3 is 2.73 bits per heavy atom. The zero-order valence-corrected chi connectivity index (χ0v) is 15.4. The van der Waals surface area contributed by atoms with Gasteiger partial charge in [0.1, 0.15) is 12.4 Å². The molecule has 0 radical (unpaired) electrons. The van der Waals surface area contributed by atoms with Gasteiger partial charge >= 0.3 is 0 Å². The Kier molecular flexibility index (Phi) is 8.64. The van der Waals surface area contributed by atoms with Crippen molar-refractivity contribution in [3.63, 3.8) is 0 Å². The van der Waals surface area contributed by atoms with Gasteiger partial charge in [0.2, 0.25) is 0 Å². The van der Waals surface area contributed by atoms with E-state index in [-0.39, 0.29) is 13.2 Å². The van der Waals surface area contributed by atoms with Crippen molar-refractivity contribution in [2.45, 2.75) is 13.2 Å². The number of benzene rings is 2. The van der Waals surface area contributed by atoms with E-state index in [1.807, 2.05) is 12.1 Å². The molecule has 2 N–H and O–H groups in total. The normalized spacial score (nSPS) is 10.8. The molecule has 0 saturated carbocycles. The van der Waals surface area contributed by atoms with Gasteiger partial charge in [-0.15, -0.1) is 0 Å². The Balaban J connectivity index is 1.91. The third-order valence-corrected chi connectivity index (χ3v) is 4.00. The maximum atomic E-state index is 13.8. The Hall–Kier alpha value is -1.86. The molecule has 2 rings (SSSR count). The van der Waals surface area contributed by atoms with E-state index in [2.05, 4.69) is 5.32 Å². The molecule has 0 fully saturated rings. The lowest BCUT2D eigenvalue weighted by molar-refractivity contribution is 0.0938. The van der Waals surface area contributed by atoms with Gasteiger partial charge in [-0.25, -0.2) is 4.39 Å². The predicted molar refractivity (Wildman–Crippen MR) is 98.3 cm³/mol. The number of methoxy groups -OCH3 is 1. The van der Waals surface area contributed by atoms with Crippen LogP contribution in [-0.4, -0.2) is 38.6 Å². The molecular formula is C19H23ClFNO4. The minimum absolute atomic E-state index is 0.0155. The zero-order chi connectivity index (χ0) is 18.8. The van der Waals surface area contributed by atoms with Crippen LogP contribution in [0.2, 0.25) is 5.02 Å². The van der Waals surface area contributed by atoms with E-state index in [1.165, 1.54) is 6.07 Å². The van der Waals surface area contributed by atoms with E-state index in [0.717, 1.165) is 5.56 Å². The van der Waals surface area contributed by atoms with Gasteiger partial charge in [-0.05, 0) is 29.8 Å². The molecule has 7 heteroatoms. The minimum atomic E-state index is -0.402. The summed E-state index contributed by atoms with van der Waals surface area (Å²) in [5.41, 5.74) is 1.32. The molecule has 142 valence electrons. The molecule has 0 unspecified atom stereocenters. The second-order valence-corrected chi connectivity index (χ2v) is 5.89. The van der Waals surface area contributed by atoms with Crippen molar-refractivity contribution >= 4 is 11.6 Å². The van der Waals surface area contributed by atoms with Crippen LogP contribution in [0.3, 0.4) is 0 Å². The molecule has 5 nitrogen and oxygen atoms in total. The molecule has 0 aliphatic rings. The molecule has 2 aromatic carbocycles. The van der Waals surface area contributed by atoms with Gasteiger partial charge in [-0.3, -0.25) is 0 Å². The van der Waals surface area contributed by atoms with Crippen molar-refractivity contribution in [3.8, 4) is 11.5 Å². The Labute approximate surface area is 157 Å². The van der Waals surface area contributed by atoms with Crippen LogP contribution in [0.1, 0.15) is 11.1 Å². The molecule has 26 heavy (non-hydrogen) atoms. The summed E-state index contributed by atoms with van der Waals surface area (Å²) in [5.74, 6) is 0.677. The summed E-state index contributed by atoms with van der Waals surface area (Å²) < 4.78 is 30.1. The van der Waals surface area contributed by atoms with Gasteiger partial charge in [-0.1, -0.05) is 23.7 Å². The number of hydrogen-bond donors (Lipinski definition) is 2. The molecule has 0 aromatic heterocycles. The molecule has 0 atom stereocenters. The topological polar surface area (TPSA) is 60.0 Å². The second-order valence-electron chi connectivity index (χ2n) is 5.49. The third-order valence-electron chi connectivity index (χ3n) is 3.65. The van der Waals surface area contributed by atoms with Gasteiger partial charge in [-0.2, -0.15) is 0 Å². The van der Waals surface area contributed by atoms with Gasteiger partial charge in [0.05, 0.1) is 32.0 Å². The summed E-state index contributed by atoms with van der Waals surface area (Å²) in [6.07, 6.45) is 0. The first-order valence-electron chi connectivity index (χ1n) is 8.27. The molecule has 0 amide bonds. The van der Waals surface area contributed by atoms with Crippen LogP contribution in [0.4, 0.5) is 4.39 Å². The molecule has 0 bridgehead atoms. The number of ether oxygens (including phenoxy) is 3.